The van der Waals surface area contributed by atoms with Crippen molar-refractivity contribution >= 4 is 27.8 Å². The summed E-state index contributed by atoms with van der Waals surface area (Å²) in [4.78, 5) is 0. The summed E-state index contributed by atoms with van der Waals surface area (Å²) in [6.45, 7) is 0. The van der Waals surface area contributed by atoms with Crippen molar-refractivity contribution in [3.05, 3.63) is 60.7 Å². The molecule has 16 heavy (non-hydrogen) atoms. The normalized spacial score (nSPS) is 11.8. The van der Waals surface area contributed by atoms with Gasteiger partial charge in [-0.3, -0.25) is 0 Å². The Balaban J connectivity index is 1.70. The molecule has 0 bridgehead atoms. The lowest BCUT2D eigenvalue weighted by molar-refractivity contribution is 1.54. The van der Waals surface area contributed by atoms with Gasteiger partial charge in [0, 0.05) is 0 Å². The first-order valence-electron chi connectivity index (χ1n) is 5.40. The van der Waals surface area contributed by atoms with Crippen molar-refractivity contribution in [2.24, 2.45) is 0 Å². The fraction of sp³-hybridized carbons (Fsp3) is 0.143. The second-order valence-corrected chi connectivity index (χ2v) is 5.99. The van der Waals surface area contributed by atoms with E-state index in [0.717, 1.165) is 0 Å². The van der Waals surface area contributed by atoms with Crippen molar-refractivity contribution in [1.82, 2.24) is 0 Å². The van der Waals surface area contributed by atoms with E-state index < -0.39 is 0 Å². The van der Waals surface area contributed by atoms with Gasteiger partial charge in [-0.1, -0.05) is 60.7 Å². The van der Waals surface area contributed by atoms with Gasteiger partial charge in [0.25, 0.3) is 0 Å². The van der Waals surface area contributed by atoms with Crippen LogP contribution < -0.4 is 10.6 Å². The Morgan fingerprint density at radius 1 is 0.562 bits per heavy atom. The van der Waals surface area contributed by atoms with Gasteiger partial charge in [-0.2, -0.15) is 0 Å². The first kappa shape index (κ1) is 11.8. The molecule has 0 amide bonds. The molecule has 82 valence electrons. The first-order chi connectivity index (χ1) is 7.95. The highest BCUT2D eigenvalue weighted by Gasteiger charge is 1.75. The zero-order valence-corrected chi connectivity index (χ0v) is 10.9. The van der Waals surface area contributed by atoms with E-state index in [1.807, 2.05) is 0 Å². The van der Waals surface area contributed by atoms with Gasteiger partial charge in [0.05, 0.1) is 0 Å². The van der Waals surface area contributed by atoms with Crippen molar-refractivity contribution in [1.29, 1.82) is 0 Å². The second kappa shape index (κ2) is 6.79. The predicted octanol–water partition coefficient (Wildman–Crippen LogP) is 3.53. The summed E-state index contributed by atoms with van der Waals surface area (Å²) in [5.74, 6) is 0. The maximum absolute atomic E-state index is 2.20. The van der Waals surface area contributed by atoms with Crippen molar-refractivity contribution in [2.75, 3.05) is 12.3 Å². The van der Waals surface area contributed by atoms with E-state index >= 15 is 0 Å². The minimum Gasteiger partial charge on any atom is -0.509 e. The molecule has 0 nitrogen and oxygen atoms in total. The van der Waals surface area contributed by atoms with E-state index in [4.69, 9.17) is 0 Å². The third-order valence-corrected chi connectivity index (χ3v) is 4.77. The summed E-state index contributed by atoms with van der Waals surface area (Å²) in [5.41, 5.74) is 0. The fourth-order valence-electron chi connectivity index (χ4n) is 1.43. The molecule has 0 unspecified atom stereocenters. The molecule has 0 saturated heterocycles. The highest BCUT2D eigenvalue weighted by atomic mass is 31.1. The molecule has 0 heterocycles. The van der Waals surface area contributed by atoms with Crippen LogP contribution in [0.2, 0.25) is 0 Å². The zero-order chi connectivity index (χ0) is 11.1. The molecule has 0 N–H and O–H groups in total. The summed E-state index contributed by atoms with van der Waals surface area (Å²) >= 11 is 0. The molecule has 0 aliphatic rings. The van der Waals surface area contributed by atoms with E-state index in [0.29, 0.717) is 0 Å². The van der Waals surface area contributed by atoms with Crippen LogP contribution in [0.3, 0.4) is 0 Å². The lowest BCUT2D eigenvalue weighted by Gasteiger charge is -2.25. The number of rotatable bonds is 5. The number of hydrogen-bond acceptors (Lipinski definition) is 0. The number of hydrogen-bond donors (Lipinski definition) is 0. The lowest BCUT2D eigenvalue weighted by atomic mass is 10.4. The molecule has 2 rings (SSSR count). The zero-order valence-electron chi connectivity index (χ0n) is 9.08. The summed E-state index contributed by atoms with van der Waals surface area (Å²) in [5, 5.41) is 2.84. The number of benzene rings is 2. The van der Waals surface area contributed by atoms with Crippen LogP contribution in [-0.2, 0) is 0 Å². The summed E-state index contributed by atoms with van der Waals surface area (Å²) in [6, 6.07) is 21.4. The molecule has 0 aliphatic heterocycles. The van der Waals surface area contributed by atoms with Crippen LogP contribution in [0.1, 0.15) is 0 Å². The molecule has 0 aliphatic carbocycles. The van der Waals surface area contributed by atoms with Crippen molar-refractivity contribution in [3.63, 3.8) is 0 Å². The maximum Gasteiger partial charge on any atom is -0.0624 e. The highest BCUT2D eigenvalue weighted by molar-refractivity contribution is 7.51. The minimum atomic E-state index is 1.24. The van der Waals surface area contributed by atoms with E-state index in [-0.39, 0.29) is 0 Å². The van der Waals surface area contributed by atoms with Crippen molar-refractivity contribution in [3.8, 4) is 0 Å². The average molecular weight is 244 g/mol. The van der Waals surface area contributed by atoms with Gasteiger partial charge in [0.2, 0.25) is 0 Å². The average Bonchev–Trinajstić information content (AvgIpc) is 2.37. The first-order valence-corrected chi connectivity index (χ1v) is 7.56. The van der Waals surface area contributed by atoms with Crippen LogP contribution in [0.4, 0.5) is 0 Å². The second-order valence-electron chi connectivity index (χ2n) is 3.43. The van der Waals surface area contributed by atoms with E-state index in [2.05, 4.69) is 60.7 Å². The van der Waals surface area contributed by atoms with E-state index in [1.54, 1.807) is 0 Å². The SMILES string of the molecule is c1ccc([P-]CC[P-]c2ccccc2)cc1. The van der Waals surface area contributed by atoms with Crippen LogP contribution in [0.25, 0.3) is 0 Å². The van der Waals surface area contributed by atoms with Gasteiger partial charge in [-0.25, -0.2) is 22.9 Å². The Labute approximate surface area is 101 Å². The van der Waals surface area contributed by atoms with Gasteiger partial charge >= 0.3 is 0 Å². The fourth-order valence-corrected chi connectivity index (χ4v) is 3.51. The molecule has 0 atom stereocenters. The summed E-state index contributed by atoms with van der Waals surface area (Å²) in [6.07, 6.45) is 2.47. The van der Waals surface area contributed by atoms with Crippen LogP contribution >= 0.6 is 17.2 Å². The Morgan fingerprint density at radius 2 is 0.938 bits per heavy atom. The van der Waals surface area contributed by atoms with Gasteiger partial charge in [-0.05, 0) is 0 Å². The molecule has 0 saturated carbocycles. The maximum atomic E-state index is 2.20. The lowest BCUT2D eigenvalue weighted by Crippen LogP contribution is -1.98. The Bertz CT molecular complexity index is 356. The molecule has 0 spiro atoms. The van der Waals surface area contributed by atoms with E-state index in [1.165, 1.54) is 40.1 Å². The largest absolute Gasteiger partial charge is 0.509 e. The summed E-state index contributed by atoms with van der Waals surface area (Å²) in [7, 11) is 2.88. The molecule has 0 aromatic heterocycles. The Kier molecular flexibility index (Phi) is 5.00. The molecule has 2 aromatic carbocycles. The molecule has 2 aromatic rings. The Hall–Kier alpha value is -0.700. The smallest absolute Gasteiger partial charge is 0.0624 e. The minimum absolute atomic E-state index is 1.24. The standard InChI is InChI=1S/C14H14P2/c1-3-7-13(8-4-1)15-11-12-16-14-9-5-2-6-10-14/h1-10H,11-12H2/q-2. The third kappa shape index (κ3) is 4.05. The molecular weight excluding hydrogens is 230 g/mol. The van der Waals surface area contributed by atoms with Gasteiger partial charge in [0.1, 0.15) is 0 Å². The van der Waals surface area contributed by atoms with Gasteiger partial charge in [-0.15, -0.1) is 0 Å². The van der Waals surface area contributed by atoms with Crippen LogP contribution in [0, 0.1) is 0 Å². The summed E-state index contributed by atoms with van der Waals surface area (Å²) < 4.78 is 0. The molecule has 0 fully saturated rings. The van der Waals surface area contributed by atoms with Gasteiger partial charge < -0.3 is 17.2 Å². The third-order valence-electron chi connectivity index (χ3n) is 2.20. The topological polar surface area (TPSA) is 0 Å². The molecular formula is C14H14P2-2. The van der Waals surface area contributed by atoms with Crippen LogP contribution in [-0.4, -0.2) is 12.3 Å². The highest BCUT2D eigenvalue weighted by Crippen LogP contribution is 2.16. The Morgan fingerprint density at radius 3 is 1.31 bits per heavy atom. The van der Waals surface area contributed by atoms with Crippen molar-refractivity contribution in [2.45, 2.75) is 0 Å². The molecule has 2 heteroatoms. The van der Waals surface area contributed by atoms with Crippen LogP contribution in [0.5, 0.6) is 0 Å². The van der Waals surface area contributed by atoms with E-state index in [9.17, 15) is 0 Å². The predicted molar refractivity (Wildman–Crippen MR) is 75.7 cm³/mol. The molecule has 0 radical (unpaired) electrons. The van der Waals surface area contributed by atoms with Gasteiger partial charge in [0.15, 0.2) is 0 Å². The monoisotopic (exact) mass is 244 g/mol. The quantitative estimate of drug-likeness (QED) is 0.557. The van der Waals surface area contributed by atoms with Crippen LogP contribution in [0.15, 0.2) is 60.7 Å². The van der Waals surface area contributed by atoms with Crippen molar-refractivity contribution < 1.29 is 0 Å².